The van der Waals surface area contributed by atoms with Crippen molar-refractivity contribution in [1.82, 2.24) is 9.97 Å². The van der Waals surface area contributed by atoms with Crippen LogP contribution >= 0.6 is 0 Å². The lowest BCUT2D eigenvalue weighted by Crippen LogP contribution is -2.26. The summed E-state index contributed by atoms with van der Waals surface area (Å²) in [6.07, 6.45) is 3.86. The van der Waals surface area contributed by atoms with Gasteiger partial charge in [0.15, 0.2) is 5.84 Å². The number of aliphatic hydroxyl groups excluding tert-OH is 1. The van der Waals surface area contributed by atoms with E-state index in [0.717, 1.165) is 19.5 Å². The molecule has 0 aromatic carbocycles. The minimum atomic E-state index is -0.00644. The number of anilines is 1. The van der Waals surface area contributed by atoms with Crippen molar-refractivity contribution in [2.45, 2.75) is 6.42 Å². The first-order chi connectivity index (χ1) is 8.26. The second-order valence-electron chi connectivity index (χ2n) is 4.03. The highest BCUT2D eigenvalue weighted by atomic mass is 16.4. The number of hydrogen-bond donors (Lipinski definition) is 3. The topological polar surface area (TPSA) is 108 Å². The molecule has 2 rings (SSSR count). The Labute approximate surface area is 98.6 Å². The van der Waals surface area contributed by atoms with Gasteiger partial charge >= 0.3 is 0 Å². The molecule has 1 atom stereocenters. The molecule has 4 N–H and O–H groups in total. The summed E-state index contributed by atoms with van der Waals surface area (Å²) < 4.78 is 0. The summed E-state index contributed by atoms with van der Waals surface area (Å²) in [6.45, 7) is 1.69. The maximum absolute atomic E-state index is 9.11. The van der Waals surface area contributed by atoms with Gasteiger partial charge in [-0.25, -0.2) is 9.97 Å². The smallest absolute Gasteiger partial charge is 0.175 e. The molecule has 1 fully saturated rings. The first-order valence-electron chi connectivity index (χ1n) is 5.40. The molecule has 1 unspecified atom stereocenters. The molecule has 7 heteroatoms. The van der Waals surface area contributed by atoms with E-state index in [2.05, 4.69) is 15.1 Å². The summed E-state index contributed by atoms with van der Waals surface area (Å²) in [6, 6.07) is 0. The number of hydrogen-bond acceptors (Lipinski definition) is 6. The molecule has 0 aliphatic carbocycles. The monoisotopic (exact) mass is 237 g/mol. The molecular weight excluding hydrogens is 222 g/mol. The lowest BCUT2D eigenvalue weighted by molar-refractivity contribution is 0.238. The van der Waals surface area contributed by atoms with Crippen LogP contribution in [-0.4, -0.2) is 45.8 Å². The molecule has 1 aromatic heterocycles. The van der Waals surface area contributed by atoms with Crippen LogP contribution < -0.4 is 10.6 Å². The van der Waals surface area contributed by atoms with Crippen molar-refractivity contribution in [3.05, 3.63) is 18.1 Å². The number of rotatable bonds is 3. The molecule has 0 saturated carbocycles. The number of nitrogens with two attached hydrogens (primary N) is 1. The minimum absolute atomic E-state index is 0.00644. The molecule has 0 bridgehead atoms. The minimum Gasteiger partial charge on any atom is -0.409 e. The summed E-state index contributed by atoms with van der Waals surface area (Å²) in [7, 11) is 0. The average Bonchev–Trinajstić information content (AvgIpc) is 2.86. The van der Waals surface area contributed by atoms with Crippen LogP contribution in [0, 0.1) is 5.92 Å². The van der Waals surface area contributed by atoms with Gasteiger partial charge in [-0.2, -0.15) is 0 Å². The molecule has 1 aliphatic heterocycles. The first-order valence-corrected chi connectivity index (χ1v) is 5.40. The third-order valence-electron chi connectivity index (χ3n) is 2.92. The Hall–Kier alpha value is -1.89. The van der Waals surface area contributed by atoms with E-state index in [1.807, 2.05) is 4.90 Å². The number of nitrogens with zero attached hydrogens (tertiary/aromatic N) is 4. The lowest BCUT2D eigenvalue weighted by Gasteiger charge is -2.19. The van der Waals surface area contributed by atoms with Crippen LogP contribution in [0.1, 0.15) is 12.0 Å². The number of oxime groups is 1. The Morgan fingerprint density at radius 3 is 3.12 bits per heavy atom. The summed E-state index contributed by atoms with van der Waals surface area (Å²) in [5.41, 5.74) is 6.08. The van der Waals surface area contributed by atoms with E-state index in [1.165, 1.54) is 12.5 Å². The maximum atomic E-state index is 9.11. The largest absolute Gasteiger partial charge is 0.409 e. The molecular formula is C10H15N5O2. The van der Waals surface area contributed by atoms with E-state index in [9.17, 15) is 0 Å². The summed E-state index contributed by atoms with van der Waals surface area (Å²) in [4.78, 5) is 10.0. The van der Waals surface area contributed by atoms with Crippen molar-refractivity contribution in [2.24, 2.45) is 16.8 Å². The second-order valence-corrected chi connectivity index (χ2v) is 4.03. The van der Waals surface area contributed by atoms with Gasteiger partial charge in [0.05, 0.1) is 5.56 Å². The Morgan fingerprint density at radius 2 is 2.47 bits per heavy atom. The predicted octanol–water partition coefficient (Wildman–Crippen LogP) is -0.610. The van der Waals surface area contributed by atoms with Crippen molar-refractivity contribution in [2.75, 3.05) is 24.6 Å². The zero-order chi connectivity index (χ0) is 12.3. The first kappa shape index (κ1) is 11.6. The van der Waals surface area contributed by atoms with Gasteiger partial charge in [0, 0.05) is 31.8 Å². The number of amidine groups is 1. The molecule has 7 nitrogen and oxygen atoms in total. The second kappa shape index (κ2) is 4.96. The van der Waals surface area contributed by atoms with Crippen LogP contribution in [0.4, 0.5) is 5.82 Å². The van der Waals surface area contributed by atoms with Crippen molar-refractivity contribution in [1.29, 1.82) is 0 Å². The Kier molecular flexibility index (Phi) is 3.38. The Morgan fingerprint density at radius 1 is 1.65 bits per heavy atom. The fourth-order valence-electron chi connectivity index (χ4n) is 1.98. The number of aliphatic hydroxyl groups is 1. The van der Waals surface area contributed by atoms with Gasteiger partial charge in [-0.15, -0.1) is 0 Å². The summed E-state index contributed by atoms with van der Waals surface area (Å²) >= 11 is 0. The van der Waals surface area contributed by atoms with Crippen molar-refractivity contribution in [3.63, 3.8) is 0 Å². The Balaban J connectivity index is 2.27. The van der Waals surface area contributed by atoms with Crippen LogP contribution in [0.3, 0.4) is 0 Å². The molecule has 17 heavy (non-hydrogen) atoms. The van der Waals surface area contributed by atoms with Crippen LogP contribution in [-0.2, 0) is 0 Å². The molecule has 0 radical (unpaired) electrons. The zero-order valence-electron chi connectivity index (χ0n) is 9.32. The highest BCUT2D eigenvalue weighted by Gasteiger charge is 2.25. The highest BCUT2D eigenvalue weighted by Crippen LogP contribution is 2.24. The molecule has 0 spiro atoms. The van der Waals surface area contributed by atoms with Crippen molar-refractivity contribution < 1.29 is 10.3 Å². The van der Waals surface area contributed by atoms with Crippen LogP contribution in [0.15, 0.2) is 17.7 Å². The molecule has 1 aliphatic rings. The summed E-state index contributed by atoms with van der Waals surface area (Å²) in [5.74, 6) is 0.893. The molecule has 1 saturated heterocycles. The van der Waals surface area contributed by atoms with Crippen molar-refractivity contribution in [3.8, 4) is 0 Å². The van der Waals surface area contributed by atoms with Crippen LogP contribution in [0.2, 0.25) is 0 Å². The lowest BCUT2D eigenvalue weighted by atomic mass is 10.1. The highest BCUT2D eigenvalue weighted by molar-refractivity contribution is 6.01. The van der Waals surface area contributed by atoms with E-state index >= 15 is 0 Å². The van der Waals surface area contributed by atoms with Crippen LogP contribution in [0.25, 0.3) is 0 Å². The number of aromatic nitrogens is 2. The molecule has 2 heterocycles. The molecule has 1 aromatic rings. The van der Waals surface area contributed by atoms with E-state index in [1.54, 1.807) is 0 Å². The van der Waals surface area contributed by atoms with E-state index in [-0.39, 0.29) is 18.4 Å². The maximum Gasteiger partial charge on any atom is 0.175 e. The van der Waals surface area contributed by atoms with Gasteiger partial charge < -0.3 is 20.9 Å². The van der Waals surface area contributed by atoms with Gasteiger partial charge in [0.25, 0.3) is 0 Å². The third kappa shape index (κ3) is 2.28. The van der Waals surface area contributed by atoms with Gasteiger partial charge in [0.1, 0.15) is 12.1 Å². The van der Waals surface area contributed by atoms with Gasteiger partial charge in [0.2, 0.25) is 0 Å². The predicted molar refractivity (Wildman–Crippen MR) is 61.9 cm³/mol. The fourth-order valence-corrected chi connectivity index (χ4v) is 1.98. The molecule has 92 valence electrons. The average molecular weight is 237 g/mol. The normalized spacial score (nSPS) is 20.9. The summed E-state index contributed by atoms with van der Waals surface area (Å²) in [5, 5.41) is 20.8. The third-order valence-corrected chi connectivity index (χ3v) is 2.92. The van der Waals surface area contributed by atoms with Gasteiger partial charge in [-0.3, -0.25) is 0 Å². The van der Waals surface area contributed by atoms with E-state index < -0.39 is 0 Å². The van der Waals surface area contributed by atoms with E-state index in [0.29, 0.717) is 11.4 Å². The van der Waals surface area contributed by atoms with Gasteiger partial charge in [-0.05, 0) is 6.42 Å². The SMILES string of the molecule is NC(=NO)c1cncnc1N1CCC(CO)C1. The Bertz CT molecular complexity index is 423. The standard InChI is InChI=1S/C10H15N5O2/c11-9(14-17)8-3-12-6-13-10(8)15-2-1-7(4-15)5-16/h3,6-7,16-17H,1-2,4-5H2,(H2,11,14). The van der Waals surface area contributed by atoms with E-state index in [4.69, 9.17) is 16.0 Å². The zero-order valence-corrected chi connectivity index (χ0v) is 9.32. The van der Waals surface area contributed by atoms with Gasteiger partial charge in [-0.1, -0.05) is 5.16 Å². The molecule has 0 amide bonds. The fraction of sp³-hybridized carbons (Fsp3) is 0.500. The van der Waals surface area contributed by atoms with Crippen molar-refractivity contribution >= 4 is 11.7 Å². The van der Waals surface area contributed by atoms with Crippen LogP contribution in [0.5, 0.6) is 0 Å². The quantitative estimate of drug-likeness (QED) is 0.280.